The normalized spacial score (nSPS) is 14.1. The minimum atomic E-state index is -1.02. The predicted octanol–water partition coefficient (Wildman–Crippen LogP) is 7.56. The predicted molar refractivity (Wildman–Crippen MR) is 331 cm³/mol. The number of likely N-dealkylation sites (tertiary alicyclic amines) is 1. The van der Waals surface area contributed by atoms with Gasteiger partial charge in [-0.25, -0.2) is 29.9 Å². The standard InChI is InChI=1S/C28H26N8O3.C17H13N5O3.C11H15N3O.CH4.ClH.S2.H2S/c1-17-6-3-8-24(31-17)32-27(39)22-7-4-12-34(22)25(38)16-36-21-10-9-19(14-20(21)26(33-36)18(2)37)23-15-30-28-29-11-5-13-35(23)28;1-10(23)16-12-7-11(3-4-13(12)22(20-16)9-15(24)25)14-8-19-17-18-5-2-6-21(14)17;1-8-4-2-6-10(13-8)14-11(15)9-5-3-7-12-9;;;1-2;/h3,5-6,8-11,13-15,22H,4,7,12,16H2,1-2H3,(H,31,32,39);2-8H,9H2,1H3,(H,24,25);2,4,6,9,12H,3,5,7H2,1H3,(H,13,14,15);1H4;1H;;1H2/t22-;;9-;;;;/m0.0..../s1. The van der Waals surface area contributed by atoms with Crippen LogP contribution in [-0.2, 0) is 54.6 Å². The number of aryl methyl sites for hydroxylation is 2. The van der Waals surface area contributed by atoms with E-state index in [-0.39, 0.29) is 93.1 Å². The first kappa shape index (κ1) is 64.3. The van der Waals surface area contributed by atoms with Crippen molar-refractivity contribution in [3.8, 4) is 22.5 Å². The monoisotopic (exact) mass is 1210 g/mol. The van der Waals surface area contributed by atoms with Gasteiger partial charge in [-0.1, -0.05) is 31.7 Å². The molecule has 4 N–H and O–H groups in total. The van der Waals surface area contributed by atoms with E-state index in [4.69, 9.17) is 5.11 Å². The van der Waals surface area contributed by atoms with Crippen LogP contribution in [0.4, 0.5) is 11.6 Å². The number of carbonyl (C=O) groups excluding carboxylic acids is 5. The van der Waals surface area contributed by atoms with Crippen LogP contribution in [0.15, 0.2) is 122 Å². The summed E-state index contributed by atoms with van der Waals surface area (Å²) in [6.45, 7) is 7.64. The molecule has 8 aromatic heterocycles. The first-order chi connectivity index (χ1) is 39.2. The number of halogens is 1. The first-order valence-electron chi connectivity index (χ1n) is 25.7. The Hall–Kier alpha value is -8.82. The molecule has 0 bridgehead atoms. The summed E-state index contributed by atoms with van der Waals surface area (Å²) in [5.41, 5.74) is 6.84. The second-order valence-corrected chi connectivity index (χ2v) is 19.0. The lowest BCUT2D eigenvalue weighted by Crippen LogP contribution is -2.44. The second kappa shape index (κ2) is 28.9. The number of Topliss-reactive ketones (excluding diaryl/α,β-unsaturated/α-hetero) is 2. The zero-order chi connectivity index (χ0) is 57.3. The SMILES string of the molecule is C.CC(=O)c1nn(CC(=O)N2CCC[C@H]2C(=O)Nc2cccc(C)n2)c2ccc(-c3cnc4ncccn34)cc12.CC(=O)c1nn(CC(=O)O)c2ccc(-c3cnc4ncccn34)cc12.Cc1cccc(NC(=O)[C@@H]2CCCN2)n1.Cl.S.S=S. The summed E-state index contributed by atoms with van der Waals surface area (Å²) in [6.07, 6.45) is 13.8. The summed E-state index contributed by atoms with van der Waals surface area (Å²) in [6, 6.07) is 25.1. The van der Waals surface area contributed by atoms with Crippen molar-refractivity contribution in [1.29, 1.82) is 0 Å². The van der Waals surface area contributed by atoms with Crippen LogP contribution >= 0.6 is 25.9 Å². The Labute approximate surface area is 505 Å². The fourth-order valence-electron chi connectivity index (χ4n) is 9.76. The van der Waals surface area contributed by atoms with Gasteiger partial charge in [-0.3, -0.25) is 46.9 Å². The van der Waals surface area contributed by atoms with E-state index in [1.807, 2.05) is 102 Å². The molecule has 10 aromatic rings. The number of carbonyl (C=O) groups is 6. The molecule has 436 valence electrons. The molecule has 27 heteroatoms. The number of hydrogen-bond donors (Lipinski definition) is 4. The molecule has 10 heterocycles. The third-order valence-electron chi connectivity index (χ3n) is 13.4. The number of aromatic nitrogens is 12. The number of pyridine rings is 2. The van der Waals surface area contributed by atoms with Gasteiger partial charge in [0, 0.05) is 101 Å². The minimum absolute atomic E-state index is 0. The van der Waals surface area contributed by atoms with Gasteiger partial charge in [0.25, 0.3) is 0 Å². The topological polar surface area (TPSA) is 284 Å². The molecular formula is C57H61ClN16O7S3. The summed E-state index contributed by atoms with van der Waals surface area (Å²) >= 11 is 7.33. The molecule has 12 rings (SSSR count). The van der Waals surface area contributed by atoms with Crippen LogP contribution in [0.2, 0.25) is 0 Å². The Bertz CT molecular complexity index is 4030. The van der Waals surface area contributed by atoms with Crippen molar-refractivity contribution in [2.45, 2.75) is 86.0 Å². The second-order valence-electron chi connectivity index (χ2n) is 19.0. The summed E-state index contributed by atoms with van der Waals surface area (Å²) in [5.74, 6) is 0.325. The molecule has 2 fully saturated rings. The van der Waals surface area contributed by atoms with Gasteiger partial charge in [-0.05, 0) is 107 Å². The molecule has 0 radical (unpaired) electrons. The maximum atomic E-state index is 13.4. The van der Waals surface area contributed by atoms with Crippen LogP contribution in [0.5, 0.6) is 0 Å². The zero-order valence-electron chi connectivity index (χ0n) is 45.3. The van der Waals surface area contributed by atoms with Crippen molar-refractivity contribution >= 4 is 129 Å². The number of nitrogens with one attached hydrogen (secondary N) is 3. The highest BCUT2D eigenvalue weighted by atomic mass is 35.5. The average molecular weight is 1210 g/mol. The van der Waals surface area contributed by atoms with Crippen LogP contribution < -0.4 is 16.0 Å². The zero-order valence-corrected chi connectivity index (χ0v) is 48.7. The maximum Gasteiger partial charge on any atom is 0.325 e. The number of hydrogen-bond acceptors (Lipinski definition) is 17. The van der Waals surface area contributed by atoms with Crippen molar-refractivity contribution in [3.05, 3.63) is 145 Å². The van der Waals surface area contributed by atoms with Gasteiger partial charge in [0.15, 0.2) is 11.6 Å². The quantitative estimate of drug-likeness (QED) is 0.0858. The third kappa shape index (κ3) is 14.5. The van der Waals surface area contributed by atoms with Gasteiger partial charge in [0.2, 0.25) is 29.3 Å². The van der Waals surface area contributed by atoms with Gasteiger partial charge in [0.05, 0.1) is 40.9 Å². The van der Waals surface area contributed by atoms with E-state index in [0.717, 1.165) is 59.7 Å². The molecule has 0 unspecified atom stereocenters. The highest BCUT2D eigenvalue weighted by Crippen LogP contribution is 2.30. The molecular weight excluding hydrogens is 1150 g/mol. The van der Waals surface area contributed by atoms with E-state index >= 15 is 0 Å². The van der Waals surface area contributed by atoms with Crippen LogP contribution in [0.3, 0.4) is 0 Å². The molecule has 2 saturated heterocycles. The van der Waals surface area contributed by atoms with Crippen molar-refractivity contribution in [1.82, 2.24) is 68.5 Å². The number of amides is 3. The molecule has 0 spiro atoms. The van der Waals surface area contributed by atoms with Crippen molar-refractivity contribution in [3.63, 3.8) is 0 Å². The van der Waals surface area contributed by atoms with Gasteiger partial charge < -0.3 is 26.0 Å². The molecule has 23 nitrogen and oxygen atoms in total. The van der Waals surface area contributed by atoms with Crippen molar-refractivity contribution in [2.75, 3.05) is 23.7 Å². The number of benzene rings is 2. The lowest BCUT2D eigenvalue weighted by atomic mass is 10.1. The van der Waals surface area contributed by atoms with E-state index in [2.05, 4.69) is 78.4 Å². The van der Waals surface area contributed by atoms with Crippen LogP contribution in [-0.4, -0.2) is 129 Å². The molecule has 0 saturated carbocycles. The number of carboxylic acid groups (broad SMARTS) is 1. The smallest absolute Gasteiger partial charge is 0.325 e. The van der Waals surface area contributed by atoms with E-state index in [0.29, 0.717) is 58.0 Å². The largest absolute Gasteiger partial charge is 0.480 e. The lowest BCUT2D eigenvalue weighted by Gasteiger charge is -2.24. The van der Waals surface area contributed by atoms with Gasteiger partial charge in [0.1, 0.15) is 42.2 Å². The van der Waals surface area contributed by atoms with Crippen LogP contribution in [0, 0.1) is 13.8 Å². The number of carboxylic acids is 1. The minimum Gasteiger partial charge on any atom is -0.480 e. The Morgan fingerprint density at radius 3 is 1.62 bits per heavy atom. The number of nitrogens with zero attached hydrogens (tertiary/aromatic N) is 13. The van der Waals surface area contributed by atoms with E-state index in [9.17, 15) is 28.8 Å². The van der Waals surface area contributed by atoms with Crippen molar-refractivity contribution in [2.24, 2.45) is 0 Å². The third-order valence-corrected chi connectivity index (χ3v) is 13.4. The first-order valence-corrected chi connectivity index (χ1v) is 27.0. The van der Waals surface area contributed by atoms with Crippen LogP contribution in [0.25, 0.3) is 55.9 Å². The number of fused-ring (bicyclic) bond motifs is 4. The van der Waals surface area contributed by atoms with Crippen molar-refractivity contribution < 1.29 is 33.9 Å². The van der Waals surface area contributed by atoms with Crippen LogP contribution in [0.1, 0.15) is 79.3 Å². The van der Waals surface area contributed by atoms with E-state index in [1.54, 1.807) is 52.6 Å². The Kier molecular flexibility index (Phi) is 22.2. The Morgan fingerprint density at radius 1 is 0.655 bits per heavy atom. The molecule has 3 amide bonds. The molecule has 0 aliphatic carbocycles. The van der Waals surface area contributed by atoms with Gasteiger partial charge >= 0.3 is 5.97 Å². The maximum absolute atomic E-state index is 13.4. The number of anilines is 2. The molecule has 2 aliphatic heterocycles. The average Bonchev–Trinajstić information content (AvgIpc) is 2.55. The molecule has 2 aromatic carbocycles. The number of rotatable bonds is 12. The number of imidazole rings is 2. The fourth-order valence-corrected chi connectivity index (χ4v) is 9.76. The number of ketones is 2. The highest BCUT2D eigenvalue weighted by Gasteiger charge is 2.35. The molecule has 2 atom stereocenters. The van der Waals surface area contributed by atoms with E-state index < -0.39 is 12.0 Å². The van der Waals surface area contributed by atoms with E-state index in [1.165, 1.54) is 18.5 Å². The lowest BCUT2D eigenvalue weighted by molar-refractivity contribution is -0.138. The molecule has 2 aliphatic rings. The molecule has 84 heavy (non-hydrogen) atoms. The number of aliphatic carboxylic acids is 1. The van der Waals surface area contributed by atoms with Gasteiger partial charge in [-0.2, -0.15) is 23.7 Å². The highest BCUT2D eigenvalue weighted by molar-refractivity contribution is 8.07. The van der Waals surface area contributed by atoms with Gasteiger partial charge in [-0.15, -0.1) is 12.4 Å². The summed E-state index contributed by atoms with van der Waals surface area (Å²) in [7, 11) is 0. The summed E-state index contributed by atoms with van der Waals surface area (Å²) in [5, 5.41) is 27.8. The fraction of sp³-hybridized carbons (Fsp3) is 0.263. The summed E-state index contributed by atoms with van der Waals surface area (Å²) in [4.78, 5) is 101. The Balaban J connectivity index is 0.000000216. The summed E-state index contributed by atoms with van der Waals surface area (Å²) < 4.78 is 6.58. The Morgan fingerprint density at radius 2 is 1.15 bits per heavy atom.